The average molecular weight is 554 g/mol. The molecule has 0 atom stereocenters. The monoisotopic (exact) mass is 554 g/mol. The van der Waals surface area contributed by atoms with Crippen LogP contribution in [0.1, 0.15) is 17.0 Å². The van der Waals surface area contributed by atoms with Crippen LogP contribution in [-0.4, -0.2) is 19.4 Å². The van der Waals surface area contributed by atoms with Crippen molar-refractivity contribution in [3.05, 3.63) is 112 Å². The standard InChI is InChI=1S/C23H15IN4O5/c1-14-2-7-18(13-21(14)28(32)33)26-22(11-5-15-3-8-17(9-4-15)27(30)31)25-20-10-6-16(24)12-19(20)23(26)29/h2-13H,1H3/b11-5+. The highest BCUT2D eigenvalue weighted by atomic mass is 127. The van der Waals surface area contributed by atoms with Gasteiger partial charge in [0.25, 0.3) is 16.9 Å². The van der Waals surface area contributed by atoms with Gasteiger partial charge in [-0.3, -0.25) is 29.6 Å². The van der Waals surface area contributed by atoms with E-state index in [-0.39, 0.29) is 22.8 Å². The summed E-state index contributed by atoms with van der Waals surface area (Å²) in [5.41, 5.74) is 1.44. The number of aromatic nitrogens is 2. The zero-order valence-corrected chi connectivity index (χ0v) is 19.3. The van der Waals surface area contributed by atoms with Gasteiger partial charge in [-0.2, -0.15) is 0 Å². The van der Waals surface area contributed by atoms with Crippen LogP contribution in [0.2, 0.25) is 0 Å². The zero-order chi connectivity index (χ0) is 23.7. The molecule has 4 rings (SSSR count). The molecule has 0 N–H and O–H groups in total. The fourth-order valence-electron chi connectivity index (χ4n) is 3.35. The summed E-state index contributed by atoms with van der Waals surface area (Å²) in [6.45, 7) is 1.63. The van der Waals surface area contributed by atoms with Crippen LogP contribution in [-0.2, 0) is 0 Å². The van der Waals surface area contributed by atoms with Crippen LogP contribution in [0.15, 0.2) is 65.5 Å². The number of fused-ring (bicyclic) bond motifs is 1. The maximum atomic E-state index is 13.4. The van der Waals surface area contributed by atoms with Crippen LogP contribution in [0.4, 0.5) is 11.4 Å². The van der Waals surface area contributed by atoms with Gasteiger partial charge in [-0.05, 0) is 77.6 Å². The first kappa shape index (κ1) is 22.3. The van der Waals surface area contributed by atoms with Gasteiger partial charge < -0.3 is 0 Å². The molecule has 4 aromatic rings. The second-order valence-electron chi connectivity index (χ2n) is 7.18. The molecular weight excluding hydrogens is 539 g/mol. The first-order valence-corrected chi connectivity index (χ1v) is 10.7. The van der Waals surface area contributed by atoms with Crippen molar-refractivity contribution in [3.8, 4) is 5.69 Å². The summed E-state index contributed by atoms with van der Waals surface area (Å²) in [5, 5.41) is 22.7. The van der Waals surface area contributed by atoms with E-state index in [0.717, 1.165) is 3.57 Å². The van der Waals surface area contributed by atoms with Gasteiger partial charge in [0.05, 0.1) is 26.4 Å². The molecule has 1 aromatic heterocycles. The summed E-state index contributed by atoms with van der Waals surface area (Å²) in [4.78, 5) is 39.4. The highest BCUT2D eigenvalue weighted by Crippen LogP contribution is 2.24. The molecule has 9 nitrogen and oxygen atoms in total. The Hall–Kier alpha value is -3.93. The fourth-order valence-corrected chi connectivity index (χ4v) is 3.84. The first-order chi connectivity index (χ1) is 15.7. The summed E-state index contributed by atoms with van der Waals surface area (Å²) in [6, 6.07) is 15.8. The summed E-state index contributed by atoms with van der Waals surface area (Å²) in [5.74, 6) is 0.269. The topological polar surface area (TPSA) is 121 Å². The molecule has 0 saturated heterocycles. The molecule has 0 aliphatic rings. The number of rotatable bonds is 5. The van der Waals surface area contributed by atoms with Gasteiger partial charge in [0.2, 0.25) is 0 Å². The van der Waals surface area contributed by atoms with E-state index in [1.54, 1.807) is 55.5 Å². The number of hydrogen-bond donors (Lipinski definition) is 0. The molecule has 0 aliphatic heterocycles. The molecule has 10 heteroatoms. The number of nitro groups is 2. The number of nitro benzene ring substituents is 2. The highest BCUT2D eigenvalue weighted by Gasteiger charge is 2.16. The van der Waals surface area contributed by atoms with E-state index in [4.69, 9.17) is 0 Å². The van der Waals surface area contributed by atoms with Gasteiger partial charge >= 0.3 is 0 Å². The fraction of sp³-hybridized carbons (Fsp3) is 0.0435. The molecule has 0 saturated carbocycles. The number of hydrogen-bond acceptors (Lipinski definition) is 6. The molecule has 164 valence electrons. The molecule has 0 bridgehead atoms. The van der Waals surface area contributed by atoms with Crippen molar-refractivity contribution in [2.24, 2.45) is 0 Å². The van der Waals surface area contributed by atoms with Crippen molar-refractivity contribution >= 4 is 57.0 Å². The lowest BCUT2D eigenvalue weighted by Crippen LogP contribution is -2.22. The summed E-state index contributed by atoms with van der Waals surface area (Å²) < 4.78 is 2.18. The third-order valence-electron chi connectivity index (χ3n) is 5.03. The predicted octanol–water partition coefficient (Wildman–Crippen LogP) is 5.29. The number of halogens is 1. The maximum Gasteiger partial charge on any atom is 0.274 e. The number of aryl methyl sites for hydroxylation is 1. The van der Waals surface area contributed by atoms with Gasteiger partial charge in [0.1, 0.15) is 5.82 Å². The van der Waals surface area contributed by atoms with E-state index in [9.17, 15) is 25.0 Å². The summed E-state index contributed by atoms with van der Waals surface area (Å²) in [6.07, 6.45) is 3.27. The minimum Gasteiger partial charge on any atom is -0.268 e. The Bertz CT molecular complexity index is 1510. The van der Waals surface area contributed by atoms with Gasteiger partial charge in [0.15, 0.2) is 0 Å². The van der Waals surface area contributed by atoms with Gasteiger partial charge in [-0.1, -0.05) is 12.1 Å². The van der Waals surface area contributed by atoms with Crippen LogP contribution < -0.4 is 5.56 Å². The third kappa shape index (κ3) is 4.51. The molecule has 0 spiro atoms. The van der Waals surface area contributed by atoms with Crippen molar-refractivity contribution in [2.75, 3.05) is 0 Å². The maximum absolute atomic E-state index is 13.4. The quantitative estimate of drug-likeness (QED) is 0.188. The normalized spacial score (nSPS) is 11.2. The Morgan fingerprint density at radius 3 is 2.33 bits per heavy atom. The lowest BCUT2D eigenvalue weighted by molar-refractivity contribution is -0.385. The summed E-state index contributed by atoms with van der Waals surface area (Å²) >= 11 is 2.10. The molecule has 0 aliphatic carbocycles. The second kappa shape index (κ2) is 8.90. The predicted molar refractivity (Wildman–Crippen MR) is 133 cm³/mol. The lowest BCUT2D eigenvalue weighted by Gasteiger charge is -2.12. The van der Waals surface area contributed by atoms with Crippen molar-refractivity contribution in [3.63, 3.8) is 0 Å². The minimum absolute atomic E-state index is 0.0329. The van der Waals surface area contributed by atoms with E-state index >= 15 is 0 Å². The Morgan fingerprint density at radius 1 is 0.939 bits per heavy atom. The van der Waals surface area contributed by atoms with Gasteiger partial charge in [-0.25, -0.2) is 4.98 Å². The van der Waals surface area contributed by atoms with E-state index in [1.165, 1.54) is 22.8 Å². The minimum atomic E-state index is -0.492. The second-order valence-corrected chi connectivity index (χ2v) is 8.43. The van der Waals surface area contributed by atoms with Crippen LogP contribution in [0.5, 0.6) is 0 Å². The molecule has 0 unspecified atom stereocenters. The Kier molecular flexibility index (Phi) is 6.01. The molecule has 0 fully saturated rings. The van der Waals surface area contributed by atoms with E-state index in [1.807, 2.05) is 6.07 Å². The van der Waals surface area contributed by atoms with E-state index in [2.05, 4.69) is 27.6 Å². The first-order valence-electron chi connectivity index (χ1n) is 9.65. The van der Waals surface area contributed by atoms with E-state index in [0.29, 0.717) is 27.7 Å². The molecular formula is C23H15IN4O5. The average Bonchev–Trinajstić information content (AvgIpc) is 2.79. The Balaban J connectivity index is 1.92. The lowest BCUT2D eigenvalue weighted by atomic mass is 10.1. The van der Waals surface area contributed by atoms with Gasteiger partial charge in [0, 0.05) is 27.3 Å². The molecule has 1 heterocycles. The van der Waals surface area contributed by atoms with Crippen molar-refractivity contribution in [1.29, 1.82) is 0 Å². The largest absolute Gasteiger partial charge is 0.274 e. The zero-order valence-electron chi connectivity index (χ0n) is 17.1. The van der Waals surface area contributed by atoms with Gasteiger partial charge in [-0.15, -0.1) is 0 Å². The molecule has 3 aromatic carbocycles. The van der Waals surface area contributed by atoms with Crippen molar-refractivity contribution < 1.29 is 9.85 Å². The van der Waals surface area contributed by atoms with Crippen LogP contribution in [0, 0.1) is 30.7 Å². The third-order valence-corrected chi connectivity index (χ3v) is 5.70. The van der Waals surface area contributed by atoms with Crippen molar-refractivity contribution in [1.82, 2.24) is 9.55 Å². The van der Waals surface area contributed by atoms with Crippen LogP contribution in [0.25, 0.3) is 28.7 Å². The SMILES string of the molecule is Cc1ccc(-n2c(/C=C/c3ccc([N+](=O)[O-])cc3)nc3ccc(I)cc3c2=O)cc1[N+](=O)[O-]. The number of non-ortho nitro benzene ring substituents is 1. The smallest absolute Gasteiger partial charge is 0.268 e. The van der Waals surface area contributed by atoms with E-state index < -0.39 is 9.85 Å². The van der Waals surface area contributed by atoms with Crippen LogP contribution >= 0.6 is 22.6 Å². The van der Waals surface area contributed by atoms with Crippen molar-refractivity contribution in [2.45, 2.75) is 6.92 Å². The number of benzene rings is 3. The Morgan fingerprint density at radius 2 is 1.67 bits per heavy atom. The van der Waals surface area contributed by atoms with Crippen LogP contribution in [0.3, 0.4) is 0 Å². The molecule has 0 amide bonds. The summed E-state index contributed by atoms with van der Waals surface area (Å²) in [7, 11) is 0. The Labute approximate surface area is 200 Å². The molecule has 33 heavy (non-hydrogen) atoms. The highest BCUT2D eigenvalue weighted by molar-refractivity contribution is 14.1. The number of nitrogens with zero attached hydrogens (tertiary/aromatic N) is 4. The molecule has 0 radical (unpaired) electrons.